The van der Waals surface area contributed by atoms with Crippen LogP contribution in [0.15, 0.2) is 24.3 Å². The van der Waals surface area contributed by atoms with Gasteiger partial charge in [-0.2, -0.15) is 18.2 Å². The zero-order chi connectivity index (χ0) is 20.2. The van der Waals surface area contributed by atoms with Gasteiger partial charge < -0.3 is 20.5 Å². The molecule has 0 unspecified atom stereocenters. The summed E-state index contributed by atoms with van der Waals surface area (Å²) in [4.78, 5) is 17.8. The number of hydrogen-bond donors (Lipinski definition) is 3. The van der Waals surface area contributed by atoms with Crippen LogP contribution in [-0.2, 0) is 6.18 Å². The minimum absolute atomic E-state index is 0.0752. The molecule has 1 aromatic heterocycles. The predicted octanol–water partition coefficient (Wildman–Crippen LogP) is 2.95. The van der Waals surface area contributed by atoms with E-state index in [1.54, 1.807) is 0 Å². The smallest absolute Gasteiger partial charge is 0.433 e. The molecular formula is C15H16F3N5O4. The summed E-state index contributed by atoms with van der Waals surface area (Å²) in [5.41, 5.74) is -1.72. The lowest BCUT2D eigenvalue weighted by atomic mass is 10.2. The van der Waals surface area contributed by atoms with E-state index in [0.717, 1.165) is 6.07 Å². The quantitative estimate of drug-likeness (QED) is 0.490. The number of nitrogens with one attached hydrogen (secondary N) is 2. The SMILES string of the molecule is COc1ccc(Nc2cc(C(F)(F)F)nc(N[C@H](C)CO)n2)c([N+](=O)[O-])c1. The van der Waals surface area contributed by atoms with Crippen LogP contribution in [0.4, 0.5) is 36.3 Å². The van der Waals surface area contributed by atoms with Gasteiger partial charge in [0, 0.05) is 12.1 Å². The Morgan fingerprint density at radius 2 is 2.04 bits per heavy atom. The summed E-state index contributed by atoms with van der Waals surface area (Å²) in [6, 6.07) is 3.85. The lowest BCUT2D eigenvalue weighted by Gasteiger charge is -2.15. The average molecular weight is 387 g/mol. The number of alkyl halides is 3. The van der Waals surface area contributed by atoms with E-state index in [4.69, 9.17) is 9.84 Å². The molecule has 0 bridgehead atoms. The summed E-state index contributed by atoms with van der Waals surface area (Å²) >= 11 is 0. The second kappa shape index (κ2) is 8.03. The molecule has 12 heteroatoms. The number of hydrogen-bond acceptors (Lipinski definition) is 8. The Labute approximate surface area is 151 Å². The van der Waals surface area contributed by atoms with E-state index in [1.165, 1.54) is 26.2 Å². The molecule has 1 aromatic carbocycles. The Balaban J connectivity index is 2.46. The highest BCUT2D eigenvalue weighted by atomic mass is 19.4. The van der Waals surface area contributed by atoms with Gasteiger partial charge in [0.25, 0.3) is 5.69 Å². The van der Waals surface area contributed by atoms with Crippen LogP contribution in [0.3, 0.4) is 0 Å². The Hall–Kier alpha value is -3.15. The summed E-state index contributed by atoms with van der Waals surface area (Å²) in [7, 11) is 1.33. The van der Waals surface area contributed by atoms with Crippen molar-refractivity contribution in [2.24, 2.45) is 0 Å². The van der Waals surface area contributed by atoms with Crippen molar-refractivity contribution in [2.75, 3.05) is 24.4 Å². The van der Waals surface area contributed by atoms with Crippen molar-refractivity contribution in [1.82, 2.24) is 9.97 Å². The monoisotopic (exact) mass is 387 g/mol. The highest BCUT2D eigenvalue weighted by molar-refractivity contribution is 5.70. The molecule has 0 spiro atoms. The Morgan fingerprint density at radius 3 is 2.59 bits per heavy atom. The van der Waals surface area contributed by atoms with Gasteiger partial charge in [-0.25, -0.2) is 4.98 Å². The van der Waals surface area contributed by atoms with Crippen molar-refractivity contribution in [2.45, 2.75) is 19.1 Å². The maximum atomic E-state index is 13.1. The fraction of sp³-hybridized carbons (Fsp3) is 0.333. The molecule has 2 rings (SSSR count). The zero-order valence-electron chi connectivity index (χ0n) is 14.2. The number of anilines is 3. The molecule has 1 heterocycles. The van der Waals surface area contributed by atoms with Crippen molar-refractivity contribution in [3.05, 3.63) is 40.1 Å². The lowest BCUT2D eigenvalue weighted by molar-refractivity contribution is -0.384. The highest BCUT2D eigenvalue weighted by Gasteiger charge is 2.34. The van der Waals surface area contributed by atoms with Crippen molar-refractivity contribution in [3.63, 3.8) is 0 Å². The zero-order valence-corrected chi connectivity index (χ0v) is 14.2. The first-order chi connectivity index (χ1) is 12.6. The number of methoxy groups -OCH3 is 1. The third-order valence-electron chi connectivity index (χ3n) is 3.33. The van der Waals surface area contributed by atoms with E-state index in [2.05, 4.69) is 20.6 Å². The number of aliphatic hydroxyl groups excluding tert-OH is 1. The fourth-order valence-corrected chi connectivity index (χ4v) is 2.02. The van der Waals surface area contributed by atoms with Gasteiger partial charge in [-0.05, 0) is 19.1 Å². The van der Waals surface area contributed by atoms with Crippen molar-refractivity contribution >= 4 is 23.1 Å². The number of nitro groups is 1. The Morgan fingerprint density at radius 1 is 1.33 bits per heavy atom. The maximum absolute atomic E-state index is 13.1. The molecule has 1 atom stereocenters. The largest absolute Gasteiger partial charge is 0.496 e. The number of nitro benzene ring substituents is 1. The van der Waals surface area contributed by atoms with Gasteiger partial charge in [0.2, 0.25) is 5.95 Å². The van der Waals surface area contributed by atoms with Crippen molar-refractivity contribution in [3.8, 4) is 5.75 Å². The van der Waals surface area contributed by atoms with Gasteiger partial charge >= 0.3 is 6.18 Å². The number of nitrogens with zero attached hydrogens (tertiary/aromatic N) is 3. The number of halogens is 3. The first-order valence-electron chi connectivity index (χ1n) is 7.57. The van der Waals surface area contributed by atoms with Crippen LogP contribution in [-0.4, -0.2) is 39.8 Å². The maximum Gasteiger partial charge on any atom is 0.433 e. The number of ether oxygens (including phenoxy) is 1. The van der Waals surface area contributed by atoms with Gasteiger partial charge in [0.05, 0.1) is 24.7 Å². The molecule has 0 amide bonds. The third kappa shape index (κ3) is 5.17. The van der Waals surface area contributed by atoms with E-state index >= 15 is 0 Å². The van der Waals surface area contributed by atoms with E-state index in [-0.39, 0.29) is 29.8 Å². The first-order valence-corrected chi connectivity index (χ1v) is 7.57. The van der Waals surface area contributed by atoms with Crippen LogP contribution >= 0.6 is 0 Å². The number of aliphatic hydroxyl groups is 1. The normalized spacial score (nSPS) is 12.4. The molecule has 0 fully saturated rings. The minimum atomic E-state index is -4.76. The average Bonchev–Trinajstić information content (AvgIpc) is 2.60. The molecule has 0 aliphatic heterocycles. The van der Waals surface area contributed by atoms with Crippen molar-refractivity contribution in [1.29, 1.82) is 0 Å². The lowest BCUT2D eigenvalue weighted by Crippen LogP contribution is -2.22. The van der Waals surface area contributed by atoms with Gasteiger partial charge in [0.1, 0.15) is 17.3 Å². The Kier molecular flexibility index (Phi) is 6.00. The number of aromatic nitrogens is 2. The van der Waals surface area contributed by atoms with Gasteiger partial charge in [-0.15, -0.1) is 0 Å². The molecule has 0 radical (unpaired) electrons. The van der Waals surface area contributed by atoms with Gasteiger partial charge in [0.15, 0.2) is 5.69 Å². The topological polar surface area (TPSA) is 122 Å². The van der Waals surface area contributed by atoms with Crippen LogP contribution < -0.4 is 15.4 Å². The molecule has 3 N–H and O–H groups in total. The summed E-state index contributed by atoms with van der Waals surface area (Å²) in [5.74, 6) is -0.478. The molecule has 0 aliphatic carbocycles. The summed E-state index contributed by atoms with van der Waals surface area (Å²) in [5, 5.41) is 25.3. The second-order valence-electron chi connectivity index (χ2n) is 5.45. The molecule has 0 aliphatic rings. The predicted molar refractivity (Wildman–Crippen MR) is 90.1 cm³/mol. The molecule has 0 saturated heterocycles. The molecule has 9 nitrogen and oxygen atoms in total. The highest BCUT2D eigenvalue weighted by Crippen LogP contribution is 2.33. The fourth-order valence-electron chi connectivity index (χ4n) is 2.02. The second-order valence-corrected chi connectivity index (χ2v) is 5.45. The molecule has 27 heavy (non-hydrogen) atoms. The summed E-state index contributed by atoms with van der Waals surface area (Å²) in [6.45, 7) is 1.16. The van der Waals surface area contributed by atoms with Gasteiger partial charge in [-0.1, -0.05) is 0 Å². The summed E-state index contributed by atoms with van der Waals surface area (Å²) in [6.07, 6.45) is -4.76. The first kappa shape index (κ1) is 20.2. The van der Waals surface area contributed by atoms with Crippen LogP contribution in [0.1, 0.15) is 12.6 Å². The Bertz CT molecular complexity index is 832. The standard InChI is InChI=1S/C15H16F3N5O4/c1-8(7-24)19-14-21-12(15(16,17)18)6-13(22-14)20-10-4-3-9(27-2)5-11(10)23(25)26/h3-6,8,24H,7H2,1-2H3,(H2,19,20,21,22)/t8-/m1/s1. The van der Waals surface area contributed by atoms with Crippen LogP contribution in [0.2, 0.25) is 0 Å². The summed E-state index contributed by atoms with van der Waals surface area (Å²) < 4.78 is 44.2. The third-order valence-corrected chi connectivity index (χ3v) is 3.33. The van der Waals surface area contributed by atoms with Gasteiger partial charge in [-0.3, -0.25) is 10.1 Å². The van der Waals surface area contributed by atoms with Crippen LogP contribution in [0.25, 0.3) is 0 Å². The van der Waals surface area contributed by atoms with E-state index in [9.17, 15) is 23.3 Å². The van der Waals surface area contributed by atoms with E-state index < -0.39 is 28.5 Å². The van der Waals surface area contributed by atoms with Crippen LogP contribution in [0.5, 0.6) is 5.75 Å². The van der Waals surface area contributed by atoms with Crippen molar-refractivity contribution < 1.29 is 27.9 Å². The number of benzene rings is 1. The molecular weight excluding hydrogens is 371 g/mol. The molecule has 2 aromatic rings. The van der Waals surface area contributed by atoms with E-state index in [0.29, 0.717) is 6.07 Å². The van der Waals surface area contributed by atoms with E-state index in [1.807, 2.05) is 0 Å². The van der Waals surface area contributed by atoms with Crippen LogP contribution in [0, 0.1) is 10.1 Å². The number of rotatable bonds is 7. The molecule has 0 saturated carbocycles. The minimum Gasteiger partial charge on any atom is -0.496 e. The molecule has 146 valence electrons.